The molecule has 0 heterocycles. The lowest BCUT2D eigenvalue weighted by Gasteiger charge is -2.22. The molecule has 4 N–H and O–H groups in total. The van der Waals surface area contributed by atoms with Crippen LogP contribution in [0.1, 0.15) is 27.7 Å². The first kappa shape index (κ1) is 16.2. The van der Waals surface area contributed by atoms with Gasteiger partial charge in [0.2, 0.25) is 0 Å². The van der Waals surface area contributed by atoms with E-state index < -0.39 is 30.1 Å². The Morgan fingerprint density at radius 2 is 1.06 bits per heavy atom. The molecule has 0 radical (unpaired) electrons. The predicted molar refractivity (Wildman–Crippen MR) is 64.2 cm³/mol. The second-order valence-electron chi connectivity index (χ2n) is 4.74. The third-order valence-corrected chi connectivity index (χ3v) is 2.44. The molecule has 2 amide bonds. The van der Waals surface area contributed by atoms with Crippen LogP contribution in [0.15, 0.2) is 0 Å². The summed E-state index contributed by atoms with van der Waals surface area (Å²) in [5.74, 6) is -2.90. The van der Waals surface area contributed by atoms with Crippen LogP contribution < -0.4 is 10.6 Å². The average molecular weight is 260 g/mol. The largest absolute Gasteiger partial charge is 0.480 e. The maximum absolute atomic E-state index is 11.5. The molecule has 0 saturated heterocycles. The molecule has 0 aromatic heterocycles. The zero-order valence-corrected chi connectivity index (χ0v) is 10.9. The molecule has 7 nitrogen and oxygen atoms in total. The smallest absolute Gasteiger partial charge is 0.326 e. The Kier molecular flexibility index (Phi) is 6.15. The molecule has 0 bridgehead atoms. The van der Waals surface area contributed by atoms with Crippen molar-refractivity contribution >= 4 is 18.0 Å². The quantitative estimate of drug-likeness (QED) is 0.555. The van der Waals surface area contributed by atoms with E-state index >= 15 is 0 Å². The summed E-state index contributed by atoms with van der Waals surface area (Å²) in [5, 5.41) is 22.3. The van der Waals surface area contributed by atoms with Gasteiger partial charge in [-0.15, -0.1) is 0 Å². The van der Waals surface area contributed by atoms with E-state index in [9.17, 15) is 14.4 Å². The minimum absolute atomic E-state index is 0.296. The molecule has 7 heteroatoms. The second kappa shape index (κ2) is 6.83. The molecule has 18 heavy (non-hydrogen) atoms. The van der Waals surface area contributed by atoms with Crippen LogP contribution >= 0.6 is 0 Å². The van der Waals surface area contributed by atoms with Gasteiger partial charge in [-0.1, -0.05) is 27.7 Å². The molecule has 2 atom stereocenters. The lowest BCUT2D eigenvalue weighted by Crippen LogP contribution is -2.53. The van der Waals surface area contributed by atoms with E-state index in [4.69, 9.17) is 10.2 Å². The number of carboxylic acids is 2. The zero-order valence-electron chi connectivity index (χ0n) is 10.9. The van der Waals surface area contributed by atoms with Crippen molar-refractivity contribution in [2.45, 2.75) is 39.8 Å². The first-order chi connectivity index (χ1) is 8.16. The first-order valence-corrected chi connectivity index (χ1v) is 5.69. The van der Waals surface area contributed by atoms with Crippen LogP contribution in [0.5, 0.6) is 0 Å². The Morgan fingerprint density at radius 3 is 1.22 bits per heavy atom. The van der Waals surface area contributed by atoms with Crippen LogP contribution in [0, 0.1) is 11.8 Å². The van der Waals surface area contributed by atoms with Crippen LogP contribution in [-0.4, -0.2) is 40.3 Å². The number of rotatable bonds is 6. The highest BCUT2D eigenvalue weighted by molar-refractivity contribution is 5.86. The van der Waals surface area contributed by atoms with E-state index in [0.29, 0.717) is 0 Å². The number of urea groups is 1. The second-order valence-corrected chi connectivity index (χ2v) is 4.74. The molecule has 0 aliphatic heterocycles. The number of hydrogen-bond acceptors (Lipinski definition) is 3. The van der Waals surface area contributed by atoms with Crippen molar-refractivity contribution in [1.29, 1.82) is 0 Å². The predicted octanol–water partition coefficient (Wildman–Crippen LogP) is 0.504. The van der Waals surface area contributed by atoms with Gasteiger partial charge < -0.3 is 20.8 Å². The van der Waals surface area contributed by atoms with Crippen molar-refractivity contribution < 1.29 is 24.6 Å². The van der Waals surface area contributed by atoms with Crippen LogP contribution in [0.25, 0.3) is 0 Å². The minimum Gasteiger partial charge on any atom is -0.480 e. The van der Waals surface area contributed by atoms with Crippen molar-refractivity contribution in [3.8, 4) is 0 Å². The van der Waals surface area contributed by atoms with Gasteiger partial charge in [-0.25, -0.2) is 14.4 Å². The minimum atomic E-state index is -1.16. The van der Waals surface area contributed by atoms with Crippen molar-refractivity contribution in [2.75, 3.05) is 0 Å². The lowest BCUT2D eigenvalue weighted by molar-refractivity contribution is -0.140. The standard InChI is InChI=1S/C11H20N2O5/c1-5(2)7(9(14)15)12-11(18)13-8(6(3)4)10(16)17/h5-8H,1-4H3,(H,14,15)(H,16,17)(H2,12,13,18)/t7-,8-/m0/s1. The van der Waals surface area contributed by atoms with E-state index in [1.807, 2.05) is 0 Å². The molecule has 104 valence electrons. The van der Waals surface area contributed by atoms with E-state index in [1.165, 1.54) is 0 Å². The monoisotopic (exact) mass is 260 g/mol. The topological polar surface area (TPSA) is 116 Å². The summed E-state index contributed by atoms with van der Waals surface area (Å²) < 4.78 is 0. The summed E-state index contributed by atoms with van der Waals surface area (Å²) in [6, 6.07) is -2.89. The third-order valence-electron chi connectivity index (χ3n) is 2.44. The Bertz CT molecular complexity index is 297. The molecular formula is C11H20N2O5. The van der Waals surface area contributed by atoms with Crippen molar-refractivity contribution in [3.05, 3.63) is 0 Å². The van der Waals surface area contributed by atoms with Gasteiger partial charge in [0.05, 0.1) is 0 Å². The van der Waals surface area contributed by atoms with Crippen molar-refractivity contribution in [3.63, 3.8) is 0 Å². The fourth-order valence-corrected chi connectivity index (χ4v) is 1.35. The van der Waals surface area contributed by atoms with E-state index in [0.717, 1.165) is 0 Å². The summed E-state index contributed by atoms with van der Waals surface area (Å²) in [6.07, 6.45) is 0. The molecule has 0 unspecified atom stereocenters. The normalized spacial score (nSPS) is 14.1. The highest BCUT2D eigenvalue weighted by Gasteiger charge is 2.27. The number of nitrogens with one attached hydrogen (secondary N) is 2. The molecular weight excluding hydrogens is 240 g/mol. The van der Waals surface area contributed by atoms with E-state index in [1.54, 1.807) is 27.7 Å². The molecule has 0 aliphatic carbocycles. The van der Waals surface area contributed by atoms with E-state index in [2.05, 4.69) is 10.6 Å². The maximum Gasteiger partial charge on any atom is 0.326 e. The van der Waals surface area contributed by atoms with Gasteiger partial charge in [-0.3, -0.25) is 0 Å². The molecule has 0 saturated carbocycles. The number of carbonyl (C=O) groups is 3. The SMILES string of the molecule is CC(C)[C@H](NC(=O)N[C@H](C(=O)O)C(C)C)C(=O)O. The van der Waals surface area contributed by atoms with Gasteiger partial charge in [-0.05, 0) is 11.8 Å². The van der Waals surface area contributed by atoms with E-state index in [-0.39, 0.29) is 11.8 Å². The van der Waals surface area contributed by atoms with Gasteiger partial charge >= 0.3 is 18.0 Å². The van der Waals surface area contributed by atoms with Crippen LogP contribution in [0.2, 0.25) is 0 Å². The molecule has 0 aromatic rings. The molecule has 0 aromatic carbocycles. The highest BCUT2D eigenvalue weighted by atomic mass is 16.4. The van der Waals surface area contributed by atoms with Gasteiger partial charge in [0.25, 0.3) is 0 Å². The molecule has 0 aliphatic rings. The third kappa shape index (κ3) is 5.03. The number of amides is 2. The number of aliphatic carboxylic acids is 2. The Labute approximate surface area is 106 Å². The van der Waals surface area contributed by atoms with Crippen LogP contribution in [0.4, 0.5) is 4.79 Å². The zero-order chi connectivity index (χ0) is 14.5. The van der Waals surface area contributed by atoms with Crippen LogP contribution in [0.3, 0.4) is 0 Å². The Hall–Kier alpha value is -1.79. The number of carbonyl (C=O) groups excluding carboxylic acids is 1. The summed E-state index contributed by atoms with van der Waals surface area (Å²) in [6.45, 7) is 6.60. The molecule has 0 rings (SSSR count). The Morgan fingerprint density at radius 1 is 0.778 bits per heavy atom. The lowest BCUT2D eigenvalue weighted by atomic mass is 10.0. The first-order valence-electron chi connectivity index (χ1n) is 5.69. The molecule has 0 fully saturated rings. The van der Waals surface area contributed by atoms with Crippen molar-refractivity contribution in [2.24, 2.45) is 11.8 Å². The highest BCUT2D eigenvalue weighted by Crippen LogP contribution is 2.04. The van der Waals surface area contributed by atoms with Gasteiger partial charge in [0, 0.05) is 0 Å². The maximum atomic E-state index is 11.5. The summed E-state index contributed by atoms with van der Waals surface area (Å²) >= 11 is 0. The van der Waals surface area contributed by atoms with Crippen LogP contribution in [-0.2, 0) is 9.59 Å². The summed E-state index contributed by atoms with van der Waals surface area (Å²) in [4.78, 5) is 33.3. The van der Waals surface area contributed by atoms with Gasteiger partial charge in [0.15, 0.2) is 0 Å². The number of carboxylic acid groups (broad SMARTS) is 2. The van der Waals surface area contributed by atoms with Gasteiger partial charge in [0.1, 0.15) is 12.1 Å². The van der Waals surface area contributed by atoms with Gasteiger partial charge in [-0.2, -0.15) is 0 Å². The molecule has 0 spiro atoms. The average Bonchev–Trinajstić information content (AvgIpc) is 2.20. The summed E-state index contributed by atoms with van der Waals surface area (Å²) in [7, 11) is 0. The number of hydrogen-bond donors (Lipinski definition) is 4. The van der Waals surface area contributed by atoms with Crippen molar-refractivity contribution in [1.82, 2.24) is 10.6 Å². The Balaban J connectivity index is 4.57. The fraction of sp³-hybridized carbons (Fsp3) is 0.727. The fourth-order valence-electron chi connectivity index (χ4n) is 1.35. The summed E-state index contributed by atoms with van der Waals surface area (Å²) in [5.41, 5.74) is 0.